The smallest absolute Gasteiger partial charge is 0.326 e. The lowest BCUT2D eigenvalue weighted by molar-refractivity contribution is -0.173. The first-order valence-corrected chi connectivity index (χ1v) is 13.8. The molecule has 0 aliphatic rings. The quantitative estimate of drug-likeness (QED) is 0.257. The molecule has 0 fully saturated rings. The Kier molecular flexibility index (Phi) is 9.82. The van der Waals surface area contributed by atoms with Gasteiger partial charge in [-0.3, -0.25) is 25.2 Å². The number of nitrogens with one attached hydrogen (secondary N) is 4. The molecule has 2 aromatic rings. The Morgan fingerprint density at radius 3 is 1.92 bits per heavy atom. The van der Waals surface area contributed by atoms with Crippen molar-refractivity contribution in [3.05, 3.63) is 47.5 Å². The van der Waals surface area contributed by atoms with E-state index in [1.54, 1.807) is 19.9 Å². The Labute approximate surface area is 221 Å². The lowest BCUT2D eigenvalue weighted by Crippen LogP contribution is -2.40. The maximum absolute atomic E-state index is 13.2. The highest BCUT2D eigenvalue weighted by atomic mass is 32.2. The number of amides is 2. The van der Waals surface area contributed by atoms with Gasteiger partial charge in [0.2, 0.25) is 5.91 Å². The molecule has 0 spiro atoms. The van der Waals surface area contributed by atoms with Gasteiger partial charge in [0.1, 0.15) is 0 Å². The van der Waals surface area contributed by atoms with Crippen molar-refractivity contribution >= 4 is 38.9 Å². The Bertz CT molecular complexity index is 1250. The van der Waals surface area contributed by atoms with Crippen molar-refractivity contribution in [3.63, 3.8) is 0 Å². The SMILES string of the molecule is CCC(CC)(CC)C(C)C(=O)Nc1cc(S(=O)(=O)Nc2ccc(NNC(=O)C(F)(F)F)cc2)c(C)cc1C. The number of hydrogen-bond acceptors (Lipinski definition) is 5. The van der Waals surface area contributed by atoms with Crippen LogP contribution in [0.5, 0.6) is 0 Å². The van der Waals surface area contributed by atoms with Crippen molar-refractivity contribution in [2.75, 3.05) is 15.5 Å². The number of sulfonamides is 1. The highest BCUT2D eigenvalue weighted by molar-refractivity contribution is 7.92. The first-order chi connectivity index (χ1) is 17.6. The van der Waals surface area contributed by atoms with Crippen molar-refractivity contribution in [2.45, 2.75) is 71.9 Å². The van der Waals surface area contributed by atoms with Gasteiger partial charge >= 0.3 is 12.1 Å². The van der Waals surface area contributed by atoms with E-state index in [4.69, 9.17) is 0 Å². The van der Waals surface area contributed by atoms with Gasteiger partial charge < -0.3 is 5.32 Å². The molecule has 210 valence electrons. The van der Waals surface area contributed by atoms with Gasteiger partial charge in [-0.1, -0.05) is 33.8 Å². The fourth-order valence-corrected chi connectivity index (χ4v) is 5.79. The minimum atomic E-state index is -5.05. The van der Waals surface area contributed by atoms with Crippen molar-refractivity contribution in [1.29, 1.82) is 0 Å². The molecule has 12 heteroatoms. The molecule has 0 aliphatic heterocycles. The molecular formula is C26H35F3N4O4S. The van der Waals surface area contributed by atoms with Crippen LogP contribution in [0.2, 0.25) is 0 Å². The van der Waals surface area contributed by atoms with Crippen LogP contribution in [0, 0.1) is 25.2 Å². The van der Waals surface area contributed by atoms with Gasteiger partial charge in [0.15, 0.2) is 0 Å². The van der Waals surface area contributed by atoms with Crippen molar-refractivity contribution in [2.24, 2.45) is 11.3 Å². The molecule has 0 radical (unpaired) electrons. The molecule has 0 saturated carbocycles. The van der Waals surface area contributed by atoms with E-state index in [-0.39, 0.29) is 33.5 Å². The fraction of sp³-hybridized carbons (Fsp3) is 0.462. The first-order valence-electron chi connectivity index (χ1n) is 12.3. The van der Waals surface area contributed by atoms with Gasteiger partial charge in [-0.15, -0.1) is 0 Å². The zero-order chi connectivity index (χ0) is 28.9. The molecular weight excluding hydrogens is 521 g/mol. The van der Waals surface area contributed by atoms with E-state index in [9.17, 15) is 31.2 Å². The molecule has 2 amide bonds. The summed E-state index contributed by atoms with van der Waals surface area (Å²) < 4.78 is 65.7. The van der Waals surface area contributed by atoms with Crippen molar-refractivity contribution in [1.82, 2.24) is 5.43 Å². The fourth-order valence-electron chi connectivity index (χ4n) is 4.48. The highest BCUT2D eigenvalue weighted by Gasteiger charge is 2.38. The molecule has 38 heavy (non-hydrogen) atoms. The molecule has 1 unspecified atom stereocenters. The molecule has 0 heterocycles. The maximum Gasteiger partial charge on any atom is 0.472 e. The van der Waals surface area contributed by atoms with Gasteiger partial charge in [0.25, 0.3) is 10.0 Å². The van der Waals surface area contributed by atoms with E-state index in [1.807, 2.05) is 6.92 Å². The number of anilines is 3. The van der Waals surface area contributed by atoms with Crippen molar-refractivity contribution in [3.8, 4) is 0 Å². The predicted octanol–water partition coefficient (Wildman–Crippen LogP) is 5.90. The van der Waals surface area contributed by atoms with E-state index in [1.165, 1.54) is 35.8 Å². The van der Waals surface area contributed by atoms with Gasteiger partial charge in [-0.05, 0) is 80.0 Å². The van der Waals surface area contributed by atoms with Gasteiger partial charge in [0.05, 0.1) is 10.6 Å². The summed E-state index contributed by atoms with van der Waals surface area (Å²) in [4.78, 5) is 24.0. The third-order valence-electron chi connectivity index (χ3n) is 7.21. The Balaban J connectivity index is 2.23. The highest BCUT2D eigenvalue weighted by Crippen LogP contribution is 2.39. The zero-order valence-corrected chi connectivity index (χ0v) is 23.2. The summed E-state index contributed by atoms with van der Waals surface area (Å²) in [6, 6.07) is 8.35. The average molecular weight is 557 g/mol. The second kappa shape index (κ2) is 12.1. The third-order valence-corrected chi connectivity index (χ3v) is 8.73. The summed E-state index contributed by atoms with van der Waals surface area (Å²) in [5, 5.41) is 2.91. The predicted molar refractivity (Wildman–Crippen MR) is 142 cm³/mol. The number of carbonyl (C=O) groups is 2. The van der Waals surface area contributed by atoms with Gasteiger partial charge in [-0.25, -0.2) is 8.42 Å². The molecule has 0 aromatic heterocycles. The summed E-state index contributed by atoms with van der Waals surface area (Å²) in [7, 11) is -4.08. The molecule has 4 N–H and O–H groups in total. The molecule has 1 atom stereocenters. The Morgan fingerprint density at radius 2 is 1.42 bits per heavy atom. The maximum atomic E-state index is 13.2. The number of alkyl halides is 3. The lowest BCUT2D eigenvalue weighted by Gasteiger charge is -2.36. The van der Waals surface area contributed by atoms with Crippen LogP contribution in [0.15, 0.2) is 41.3 Å². The molecule has 8 nitrogen and oxygen atoms in total. The Morgan fingerprint density at radius 1 is 0.895 bits per heavy atom. The van der Waals surface area contributed by atoms with Crippen LogP contribution in [0.25, 0.3) is 0 Å². The molecule has 2 aromatic carbocycles. The van der Waals surface area contributed by atoms with Crippen molar-refractivity contribution < 1.29 is 31.2 Å². The van der Waals surface area contributed by atoms with Gasteiger partial charge in [-0.2, -0.15) is 13.2 Å². The van der Waals surface area contributed by atoms with E-state index in [0.29, 0.717) is 16.8 Å². The topological polar surface area (TPSA) is 116 Å². The number of halogens is 3. The normalized spacial score (nSPS) is 13.0. The summed E-state index contributed by atoms with van der Waals surface area (Å²) in [5.74, 6) is -2.63. The van der Waals surface area contributed by atoms with E-state index in [0.717, 1.165) is 19.3 Å². The van der Waals surface area contributed by atoms with Crippen LogP contribution in [0.1, 0.15) is 58.1 Å². The molecule has 0 saturated heterocycles. The van der Waals surface area contributed by atoms with Crippen LogP contribution >= 0.6 is 0 Å². The summed E-state index contributed by atoms with van der Waals surface area (Å²) in [5.41, 5.74) is 5.30. The van der Waals surface area contributed by atoms with Crippen LogP contribution < -0.4 is 20.9 Å². The van der Waals surface area contributed by atoms with Crippen LogP contribution in [-0.2, 0) is 19.6 Å². The second-order valence-electron chi connectivity index (χ2n) is 9.33. The third kappa shape index (κ3) is 7.18. The summed E-state index contributed by atoms with van der Waals surface area (Å²) >= 11 is 0. The lowest BCUT2D eigenvalue weighted by atomic mass is 9.70. The summed E-state index contributed by atoms with van der Waals surface area (Å²) in [6.07, 6.45) is -2.52. The van der Waals surface area contributed by atoms with E-state index in [2.05, 4.69) is 36.2 Å². The Hall–Kier alpha value is -3.28. The van der Waals surface area contributed by atoms with Crippen LogP contribution in [0.3, 0.4) is 0 Å². The monoisotopic (exact) mass is 556 g/mol. The molecule has 0 bridgehead atoms. The average Bonchev–Trinajstić information content (AvgIpc) is 2.85. The van der Waals surface area contributed by atoms with Gasteiger partial charge in [0, 0.05) is 17.3 Å². The second-order valence-corrected chi connectivity index (χ2v) is 11.0. The molecule has 2 rings (SSSR count). The minimum Gasteiger partial charge on any atom is -0.326 e. The van der Waals surface area contributed by atoms with Crippen LogP contribution in [0.4, 0.5) is 30.2 Å². The standard InChI is InChI=1S/C26H35F3N4O4S/c1-7-25(8-2,9-3)18(6)23(34)30-21-15-22(17(5)14-16(21)4)38(36,37)33-20-12-10-19(11-13-20)31-32-24(35)26(27,28)29/h10-15,18,31,33H,7-9H2,1-6H3,(H,30,34)(H,32,35). The largest absolute Gasteiger partial charge is 0.472 e. The number of aryl methyl sites for hydroxylation is 2. The first kappa shape index (κ1) is 30.9. The van der Waals surface area contributed by atoms with E-state index >= 15 is 0 Å². The van der Waals surface area contributed by atoms with Crippen LogP contribution in [-0.4, -0.2) is 26.4 Å². The number of hydrogen-bond donors (Lipinski definition) is 4. The molecule has 0 aliphatic carbocycles. The summed E-state index contributed by atoms with van der Waals surface area (Å²) in [6.45, 7) is 11.5. The zero-order valence-electron chi connectivity index (χ0n) is 22.3. The van der Waals surface area contributed by atoms with E-state index < -0.39 is 22.1 Å². The number of carbonyl (C=O) groups excluding carboxylic acids is 2. The number of rotatable bonds is 11. The number of benzene rings is 2. The minimum absolute atomic E-state index is 0.0292. The number of hydrazine groups is 1.